The highest BCUT2D eigenvalue weighted by Crippen LogP contribution is 2.27. The highest BCUT2D eigenvalue weighted by atomic mass is 35.5. The number of imidazole rings is 1. The number of nitrogens with zero attached hydrogens (tertiary/aromatic N) is 2. The molecule has 0 radical (unpaired) electrons. The van der Waals surface area contributed by atoms with Gasteiger partial charge in [-0.1, -0.05) is 17.7 Å². The van der Waals surface area contributed by atoms with E-state index in [1.807, 2.05) is 22.9 Å². The fourth-order valence-electron chi connectivity index (χ4n) is 2.31. The third kappa shape index (κ3) is 2.52. The number of rotatable bonds is 2. The first-order valence-corrected chi connectivity index (χ1v) is 6.74. The minimum Gasteiger partial charge on any atom is -0.369 e. The van der Waals surface area contributed by atoms with Gasteiger partial charge in [-0.3, -0.25) is 4.57 Å². The number of ether oxygens (including phenoxy) is 1. The van der Waals surface area contributed by atoms with Crippen LogP contribution >= 0.6 is 11.6 Å². The van der Waals surface area contributed by atoms with Crippen LogP contribution in [-0.4, -0.2) is 29.2 Å². The van der Waals surface area contributed by atoms with E-state index in [1.54, 1.807) is 6.33 Å². The highest BCUT2D eigenvalue weighted by Gasteiger charge is 2.20. The summed E-state index contributed by atoms with van der Waals surface area (Å²) in [5.41, 5.74) is 3.14. The molecule has 0 spiro atoms. The molecule has 19 heavy (non-hydrogen) atoms. The van der Waals surface area contributed by atoms with E-state index in [0.29, 0.717) is 5.02 Å². The van der Waals surface area contributed by atoms with E-state index in [4.69, 9.17) is 16.3 Å². The second-order valence-electron chi connectivity index (χ2n) is 4.71. The van der Waals surface area contributed by atoms with E-state index < -0.39 is 0 Å². The van der Waals surface area contributed by atoms with Crippen LogP contribution in [0.1, 0.15) is 17.4 Å². The summed E-state index contributed by atoms with van der Waals surface area (Å²) in [4.78, 5) is 4.24. The average molecular weight is 278 g/mol. The predicted octanol–water partition coefficient (Wildman–Crippen LogP) is 2.50. The zero-order valence-electron chi connectivity index (χ0n) is 10.8. The number of hydrogen-bond acceptors (Lipinski definition) is 3. The van der Waals surface area contributed by atoms with Gasteiger partial charge in [0, 0.05) is 13.1 Å². The molecule has 1 aliphatic heterocycles. The van der Waals surface area contributed by atoms with Gasteiger partial charge in [0.15, 0.2) is 0 Å². The smallest absolute Gasteiger partial charge is 0.112 e. The van der Waals surface area contributed by atoms with Crippen LogP contribution in [0.4, 0.5) is 0 Å². The topological polar surface area (TPSA) is 39.1 Å². The Balaban J connectivity index is 2.01. The van der Waals surface area contributed by atoms with Gasteiger partial charge in [0.05, 0.1) is 35.5 Å². The second-order valence-corrected chi connectivity index (χ2v) is 5.11. The molecule has 0 aliphatic carbocycles. The molecule has 1 aromatic carbocycles. The number of aryl methyl sites for hydroxylation is 1. The molecule has 0 saturated carbocycles. The summed E-state index contributed by atoms with van der Waals surface area (Å²) in [6.45, 7) is 4.47. The van der Waals surface area contributed by atoms with Crippen molar-refractivity contribution in [3.05, 3.63) is 47.0 Å². The fraction of sp³-hybridized carbons (Fsp3) is 0.357. The minimum absolute atomic E-state index is 0.0211. The van der Waals surface area contributed by atoms with Crippen molar-refractivity contribution in [3.63, 3.8) is 0 Å². The summed E-state index contributed by atoms with van der Waals surface area (Å²) in [6.07, 6.45) is 3.65. The molecule has 1 saturated heterocycles. The van der Waals surface area contributed by atoms with Gasteiger partial charge in [-0.15, -0.1) is 0 Å². The quantitative estimate of drug-likeness (QED) is 0.917. The molecule has 100 valence electrons. The Labute approximate surface area is 117 Å². The van der Waals surface area contributed by atoms with Gasteiger partial charge in [-0.25, -0.2) is 4.98 Å². The van der Waals surface area contributed by atoms with Crippen LogP contribution in [0.25, 0.3) is 5.69 Å². The van der Waals surface area contributed by atoms with Crippen LogP contribution in [-0.2, 0) is 4.74 Å². The van der Waals surface area contributed by atoms with Crippen molar-refractivity contribution < 1.29 is 4.74 Å². The molecule has 1 atom stereocenters. The van der Waals surface area contributed by atoms with Crippen LogP contribution < -0.4 is 5.32 Å². The van der Waals surface area contributed by atoms with Crippen molar-refractivity contribution in [2.75, 3.05) is 19.7 Å². The van der Waals surface area contributed by atoms with Crippen LogP contribution in [0.15, 0.2) is 30.7 Å². The number of nitrogens with one attached hydrogen (secondary N) is 1. The number of benzene rings is 1. The Kier molecular flexibility index (Phi) is 3.55. The maximum atomic E-state index is 6.29. The first-order chi connectivity index (χ1) is 9.25. The third-order valence-corrected chi connectivity index (χ3v) is 3.61. The Bertz CT molecular complexity index is 576. The summed E-state index contributed by atoms with van der Waals surface area (Å²) in [5, 5.41) is 4.05. The van der Waals surface area contributed by atoms with Crippen molar-refractivity contribution in [1.82, 2.24) is 14.9 Å². The fourth-order valence-corrected chi connectivity index (χ4v) is 2.52. The van der Waals surface area contributed by atoms with E-state index >= 15 is 0 Å². The van der Waals surface area contributed by atoms with Crippen molar-refractivity contribution in [2.24, 2.45) is 0 Å². The van der Waals surface area contributed by atoms with Gasteiger partial charge in [0.2, 0.25) is 0 Å². The van der Waals surface area contributed by atoms with Crippen molar-refractivity contribution in [2.45, 2.75) is 13.0 Å². The normalized spacial score (nSPS) is 19.6. The van der Waals surface area contributed by atoms with Gasteiger partial charge in [0.1, 0.15) is 6.10 Å². The molecule has 1 aliphatic rings. The summed E-state index contributed by atoms with van der Waals surface area (Å²) in [6, 6.07) is 5.97. The second kappa shape index (κ2) is 5.33. The maximum Gasteiger partial charge on any atom is 0.112 e. The average Bonchev–Trinajstić information content (AvgIpc) is 2.91. The predicted molar refractivity (Wildman–Crippen MR) is 74.9 cm³/mol. The molecule has 4 nitrogen and oxygen atoms in total. The lowest BCUT2D eigenvalue weighted by Gasteiger charge is -2.24. The standard InChI is InChI=1S/C14H16ClN3O/c1-10-2-3-11(15)12(6-10)18-9-17-7-13(18)14-8-16-4-5-19-14/h2-3,6-7,9,14,16H,4-5,8H2,1H3. The molecule has 1 unspecified atom stereocenters. The molecule has 0 amide bonds. The Hall–Kier alpha value is -1.36. The third-order valence-electron chi connectivity index (χ3n) is 3.29. The number of aromatic nitrogens is 2. The molecule has 1 aromatic heterocycles. The first-order valence-electron chi connectivity index (χ1n) is 6.37. The molecule has 1 N–H and O–H groups in total. The lowest BCUT2D eigenvalue weighted by Crippen LogP contribution is -2.34. The van der Waals surface area contributed by atoms with Gasteiger partial charge >= 0.3 is 0 Å². The maximum absolute atomic E-state index is 6.29. The summed E-state index contributed by atoms with van der Waals surface area (Å²) in [5.74, 6) is 0. The van der Waals surface area contributed by atoms with Crippen molar-refractivity contribution >= 4 is 11.6 Å². The van der Waals surface area contributed by atoms with Crippen molar-refractivity contribution in [3.8, 4) is 5.69 Å². The molecule has 5 heteroatoms. The summed E-state index contributed by atoms with van der Waals surface area (Å²) >= 11 is 6.29. The highest BCUT2D eigenvalue weighted by molar-refractivity contribution is 6.32. The number of halogens is 1. The first kappa shape index (κ1) is 12.7. The largest absolute Gasteiger partial charge is 0.369 e. The van der Waals surface area contributed by atoms with Crippen LogP contribution in [0.2, 0.25) is 5.02 Å². The van der Waals surface area contributed by atoms with Crippen molar-refractivity contribution in [1.29, 1.82) is 0 Å². The summed E-state index contributed by atoms with van der Waals surface area (Å²) in [7, 11) is 0. The van der Waals surface area contributed by atoms with Gasteiger partial charge in [-0.2, -0.15) is 0 Å². The molecular weight excluding hydrogens is 262 g/mol. The summed E-state index contributed by atoms with van der Waals surface area (Å²) < 4.78 is 7.80. The Morgan fingerprint density at radius 3 is 3.16 bits per heavy atom. The van der Waals surface area contributed by atoms with E-state index in [1.165, 1.54) is 5.56 Å². The lowest BCUT2D eigenvalue weighted by atomic mass is 10.2. The van der Waals surface area contributed by atoms with Crippen LogP contribution in [0.5, 0.6) is 0 Å². The lowest BCUT2D eigenvalue weighted by molar-refractivity contribution is 0.0240. The van der Waals surface area contributed by atoms with E-state index in [-0.39, 0.29) is 6.10 Å². The Morgan fingerprint density at radius 2 is 2.37 bits per heavy atom. The molecule has 2 aromatic rings. The molecule has 2 heterocycles. The zero-order valence-corrected chi connectivity index (χ0v) is 11.5. The zero-order chi connectivity index (χ0) is 13.2. The molecular formula is C14H16ClN3O. The van der Waals surface area contributed by atoms with Gasteiger partial charge in [0.25, 0.3) is 0 Å². The molecule has 1 fully saturated rings. The van der Waals surface area contributed by atoms with Crippen LogP contribution in [0.3, 0.4) is 0 Å². The minimum atomic E-state index is 0.0211. The van der Waals surface area contributed by atoms with E-state index in [2.05, 4.69) is 23.3 Å². The Morgan fingerprint density at radius 1 is 1.47 bits per heavy atom. The van der Waals surface area contributed by atoms with Crippen LogP contribution in [0, 0.1) is 6.92 Å². The number of hydrogen-bond donors (Lipinski definition) is 1. The number of morpholine rings is 1. The van der Waals surface area contributed by atoms with E-state index in [9.17, 15) is 0 Å². The van der Waals surface area contributed by atoms with Gasteiger partial charge in [-0.05, 0) is 24.6 Å². The van der Waals surface area contributed by atoms with Gasteiger partial charge < -0.3 is 10.1 Å². The molecule has 0 bridgehead atoms. The monoisotopic (exact) mass is 277 g/mol. The SMILES string of the molecule is Cc1ccc(Cl)c(-n2cncc2C2CNCCO2)c1. The molecule has 3 rings (SSSR count). The van der Waals surface area contributed by atoms with E-state index in [0.717, 1.165) is 31.1 Å².